The van der Waals surface area contributed by atoms with Crippen LogP contribution in [0.4, 0.5) is 0 Å². The number of fused-ring (bicyclic) bond motifs is 1. The molecule has 2 heterocycles. The van der Waals surface area contributed by atoms with Crippen LogP contribution in [0.3, 0.4) is 0 Å². The molecule has 0 aliphatic carbocycles. The zero-order valence-corrected chi connectivity index (χ0v) is 14.9. The molecule has 2 unspecified atom stereocenters. The quantitative estimate of drug-likeness (QED) is 0.620. The predicted molar refractivity (Wildman–Crippen MR) is 95.4 cm³/mol. The maximum Gasteiger partial charge on any atom is 0.184 e. The number of hydrogen-bond donors (Lipinski definition) is 4. The molecule has 2 fully saturated rings. The highest BCUT2D eigenvalue weighted by Gasteiger charge is 2.47. The molecule has 0 saturated carbocycles. The van der Waals surface area contributed by atoms with Crippen molar-refractivity contribution < 1.29 is 39.4 Å². The Kier molecular flexibility index (Phi) is 5.49. The Bertz CT molecular complexity index is 734. The lowest BCUT2D eigenvalue weighted by atomic mass is 10.0. The largest absolute Gasteiger partial charge is 0.508 e. The smallest absolute Gasteiger partial charge is 0.184 e. The summed E-state index contributed by atoms with van der Waals surface area (Å²) >= 11 is 0. The number of phenolic OH excluding ortho intramolecular Hbond substituents is 2. The van der Waals surface area contributed by atoms with Gasteiger partial charge in [-0.3, -0.25) is 0 Å². The number of aliphatic hydroxyl groups excluding tert-OH is 2. The Morgan fingerprint density at radius 2 is 1.29 bits per heavy atom. The van der Waals surface area contributed by atoms with Crippen LogP contribution in [0.5, 0.6) is 11.5 Å². The van der Waals surface area contributed by atoms with E-state index in [0.29, 0.717) is 11.1 Å². The summed E-state index contributed by atoms with van der Waals surface area (Å²) in [5, 5.41) is 39.3. The molecular weight excluding hydrogens is 368 g/mol. The average Bonchev–Trinajstić information content (AvgIpc) is 2.88. The third-order valence-corrected chi connectivity index (χ3v) is 4.86. The molecule has 4 N–H and O–H groups in total. The second-order valence-corrected chi connectivity index (χ2v) is 6.81. The van der Waals surface area contributed by atoms with Gasteiger partial charge in [-0.1, -0.05) is 24.3 Å². The maximum atomic E-state index is 10.6. The van der Waals surface area contributed by atoms with Gasteiger partial charge in [-0.2, -0.15) is 0 Å². The topological polar surface area (TPSA) is 118 Å². The van der Waals surface area contributed by atoms with Crippen molar-refractivity contribution in [2.75, 3.05) is 13.2 Å². The first-order chi connectivity index (χ1) is 13.5. The second-order valence-electron chi connectivity index (χ2n) is 6.81. The van der Waals surface area contributed by atoms with Crippen LogP contribution in [0.15, 0.2) is 48.5 Å². The molecule has 0 spiro atoms. The molecule has 2 aromatic carbocycles. The van der Waals surface area contributed by atoms with Crippen LogP contribution >= 0.6 is 0 Å². The molecule has 4 rings (SSSR count). The van der Waals surface area contributed by atoms with E-state index in [9.17, 15) is 20.4 Å². The minimum absolute atomic E-state index is 0.0346. The minimum atomic E-state index is -0.996. The van der Waals surface area contributed by atoms with E-state index in [4.69, 9.17) is 18.9 Å². The van der Waals surface area contributed by atoms with Crippen LogP contribution < -0.4 is 0 Å². The summed E-state index contributed by atoms with van der Waals surface area (Å²) in [6, 6.07) is 12.6. The van der Waals surface area contributed by atoms with Crippen LogP contribution in [0.25, 0.3) is 0 Å². The highest BCUT2D eigenvalue weighted by atomic mass is 16.8. The SMILES string of the molecule is OC[C@@H]1OC(c2ccc(O)cc2)O[C@@H]2[C@H]1OC(c1ccc(O)cc1)OC[C@H]2O. The van der Waals surface area contributed by atoms with Gasteiger partial charge in [0.15, 0.2) is 12.6 Å². The second kappa shape index (κ2) is 8.04. The first-order valence-electron chi connectivity index (χ1n) is 9.00. The Hall–Kier alpha value is -2.20. The fraction of sp³-hybridized carbons (Fsp3) is 0.400. The Morgan fingerprint density at radius 3 is 1.86 bits per heavy atom. The molecule has 2 aliphatic rings. The van der Waals surface area contributed by atoms with Gasteiger partial charge in [-0.15, -0.1) is 0 Å². The Balaban J connectivity index is 1.57. The van der Waals surface area contributed by atoms with Gasteiger partial charge in [0, 0.05) is 11.1 Å². The fourth-order valence-corrected chi connectivity index (χ4v) is 3.38. The molecular formula is C20H22O8. The van der Waals surface area contributed by atoms with Crippen molar-refractivity contribution in [2.24, 2.45) is 0 Å². The standard InChI is InChI=1S/C20H22O8/c21-9-16-18-17(27-20(26-16)12-3-7-14(23)8-4-12)15(24)10-25-19(28-18)11-1-5-13(22)6-2-11/h1-8,15-24H,9-10H2/t15-,16+,17+,18+,19?,20?/m1/s1. The van der Waals surface area contributed by atoms with E-state index < -0.39 is 37.0 Å². The number of phenols is 2. The van der Waals surface area contributed by atoms with E-state index in [1.807, 2.05) is 0 Å². The minimum Gasteiger partial charge on any atom is -0.508 e. The zero-order valence-electron chi connectivity index (χ0n) is 14.9. The third kappa shape index (κ3) is 3.83. The zero-order chi connectivity index (χ0) is 19.7. The maximum absolute atomic E-state index is 10.6. The van der Waals surface area contributed by atoms with E-state index in [1.54, 1.807) is 24.3 Å². The monoisotopic (exact) mass is 390 g/mol. The molecule has 28 heavy (non-hydrogen) atoms. The molecule has 8 nitrogen and oxygen atoms in total. The van der Waals surface area contributed by atoms with Gasteiger partial charge >= 0.3 is 0 Å². The molecule has 150 valence electrons. The number of aliphatic hydroxyl groups is 2. The molecule has 8 heteroatoms. The average molecular weight is 390 g/mol. The van der Waals surface area contributed by atoms with E-state index in [1.165, 1.54) is 24.3 Å². The molecule has 6 atom stereocenters. The van der Waals surface area contributed by atoms with Crippen LogP contribution in [-0.4, -0.2) is 58.1 Å². The predicted octanol–water partition coefficient (Wildman–Crippen LogP) is 1.35. The van der Waals surface area contributed by atoms with E-state index in [0.717, 1.165) is 0 Å². The van der Waals surface area contributed by atoms with Crippen molar-refractivity contribution in [3.8, 4) is 11.5 Å². The van der Waals surface area contributed by atoms with E-state index in [-0.39, 0.29) is 24.7 Å². The highest BCUT2D eigenvalue weighted by molar-refractivity contribution is 5.28. The molecule has 0 amide bonds. The summed E-state index contributed by atoms with van der Waals surface area (Å²) in [4.78, 5) is 0. The van der Waals surface area contributed by atoms with Crippen molar-refractivity contribution in [1.29, 1.82) is 0 Å². The first kappa shape index (κ1) is 19.1. The molecule has 0 radical (unpaired) electrons. The van der Waals surface area contributed by atoms with Crippen LogP contribution in [-0.2, 0) is 18.9 Å². The van der Waals surface area contributed by atoms with Crippen molar-refractivity contribution in [3.05, 3.63) is 59.7 Å². The number of benzene rings is 2. The van der Waals surface area contributed by atoms with Gasteiger partial charge in [0.2, 0.25) is 0 Å². The third-order valence-electron chi connectivity index (χ3n) is 4.86. The molecule has 2 aliphatic heterocycles. The summed E-state index contributed by atoms with van der Waals surface area (Å²) in [6.45, 7) is -0.374. The lowest BCUT2D eigenvalue weighted by molar-refractivity contribution is -0.322. The lowest BCUT2D eigenvalue weighted by Crippen LogP contribution is -2.54. The number of aromatic hydroxyl groups is 2. The summed E-state index contributed by atoms with van der Waals surface area (Å²) in [5.41, 5.74) is 1.30. The number of rotatable bonds is 3. The van der Waals surface area contributed by atoms with Gasteiger partial charge < -0.3 is 39.4 Å². The van der Waals surface area contributed by atoms with Crippen molar-refractivity contribution in [1.82, 2.24) is 0 Å². The van der Waals surface area contributed by atoms with Crippen LogP contribution in [0.1, 0.15) is 23.7 Å². The van der Waals surface area contributed by atoms with E-state index in [2.05, 4.69) is 0 Å². The normalized spacial score (nSPS) is 33.1. The van der Waals surface area contributed by atoms with Crippen molar-refractivity contribution in [2.45, 2.75) is 37.0 Å². The Labute approximate surface area is 161 Å². The first-order valence-corrected chi connectivity index (χ1v) is 9.00. The Morgan fingerprint density at radius 1 is 0.750 bits per heavy atom. The van der Waals surface area contributed by atoms with Crippen LogP contribution in [0.2, 0.25) is 0 Å². The van der Waals surface area contributed by atoms with Gasteiger partial charge in [0.1, 0.15) is 35.9 Å². The van der Waals surface area contributed by atoms with Gasteiger partial charge in [-0.25, -0.2) is 0 Å². The molecule has 2 saturated heterocycles. The summed E-state index contributed by atoms with van der Waals surface area (Å²) in [7, 11) is 0. The highest BCUT2D eigenvalue weighted by Crippen LogP contribution is 2.38. The van der Waals surface area contributed by atoms with E-state index >= 15 is 0 Å². The lowest BCUT2D eigenvalue weighted by Gasteiger charge is -2.41. The van der Waals surface area contributed by atoms with Crippen molar-refractivity contribution in [3.63, 3.8) is 0 Å². The van der Waals surface area contributed by atoms with Crippen LogP contribution in [0, 0.1) is 0 Å². The summed E-state index contributed by atoms with van der Waals surface area (Å²) < 4.78 is 23.5. The number of ether oxygens (including phenoxy) is 4. The van der Waals surface area contributed by atoms with Crippen molar-refractivity contribution >= 4 is 0 Å². The number of hydrogen-bond acceptors (Lipinski definition) is 8. The summed E-state index contributed by atoms with van der Waals surface area (Å²) in [5.74, 6) is 0.226. The summed E-state index contributed by atoms with van der Waals surface area (Å²) in [6.07, 6.45) is -4.95. The molecule has 0 bridgehead atoms. The molecule has 2 aromatic rings. The van der Waals surface area contributed by atoms with Gasteiger partial charge in [0.25, 0.3) is 0 Å². The van der Waals surface area contributed by atoms with Gasteiger partial charge in [0.05, 0.1) is 13.2 Å². The fourth-order valence-electron chi connectivity index (χ4n) is 3.38. The molecule has 0 aromatic heterocycles. The van der Waals surface area contributed by atoms with Gasteiger partial charge in [-0.05, 0) is 24.3 Å².